The van der Waals surface area contributed by atoms with Gasteiger partial charge >= 0.3 is 6.18 Å². The Morgan fingerprint density at radius 1 is 1.19 bits per heavy atom. The molecule has 0 aliphatic heterocycles. The van der Waals surface area contributed by atoms with Crippen molar-refractivity contribution in [2.45, 2.75) is 19.1 Å². The van der Waals surface area contributed by atoms with Gasteiger partial charge in [0.05, 0.1) is 22.7 Å². The largest absolute Gasteiger partial charge is 0.495 e. The van der Waals surface area contributed by atoms with Crippen LogP contribution < -0.4 is 10.1 Å². The fourth-order valence-electron chi connectivity index (χ4n) is 2.64. The molecule has 3 rings (SSSR count). The summed E-state index contributed by atoms with van der Waals surface area (Å²) in [5, 5.41) is 3.80. The van der Waals surface area contributed by atoms with Crippen molar-refractivity contribution in [2.75, 3.05) is 12.4 Å². The Balaban J connectivity index is 2.00. The second kappa shape index (κ2) is 7.52. The molecular weight excluding hydrogens is 447 g/mol. The molecule has 1 atom stereocenters. The van der Waals surface area contributed by atoms with Crippen molar-refractivity contribution in [2.24, 2.45) is 0 Å². The van der Waals surface area contributed by atoms with E-state index in [0.29, 0.717) is 32.5 Å². The number of rotatable bonds is 4. The van der Waals surface area contributed by atoms with Crippen molar-refractivity contribution < 1.29 is 17.9 Å². The maximum atomic E-state index is 13.0. The molecule has 0 aliphatic rings. The van der Waals surface area contributed by atoms with E-state index in [4.69, 9.17) is 16.3 Å². The number of aromatic nitrogens is 2. The fourth-order valence-corrected chi connectivity index (χ4v) is 3.32. The molecule has 0 amide bonds. The number of ether oxygens (including phenoxy) is 1. The summed E-state index contributed by atoms with van der Waals surface area (Å²) in [4.78, 5) is 8.37. The van der Waals surface area contributed by atoms with Crippen molar-refractivity contribution in [1.29, 1.82) is 0 Å². The van der Waals surface area contributed by atoms with Gasteiger partial charge in [0.1, 0.15) is 11.6 Å². The van der Waals surface area contributed by atoms with Crippen LogP contribution in [0.2, 0.25) is 5.28 Å². The molecule has 0 saturated heterocycles. The minimum Gasteiger partial charge on any atom is -0.495 e. The van der Waals surface area contributed by atoms with E-state index in [2.05, 4.69) is 31.2 Å². The van der Waals surface area contributed by atoms with Crippen LogP contribution in [0, 0.1) is 0 Å². The van der Waals surface area contributed by atoms with Gasteiger partial charge in [-0.1, -0.05) is 12.1 Å². The number of benzene rings is 2. The lowest BCUT2D eigenvalue weighted by atomic mass is 10.0. The zero-order valence-corrected chi connectivity index (χ0v) is 16.6. The van der Waals surface area contributed by atoms with Crippen LogP contribution in [0.25, 0.3) is 10.9 Å². The summed E-state index contributed by atoms with van der Waals surface area (Å²) in [6.45, 7) is 1.75. The van der Waals surface area contributed by atoms with Crippen LogP contribution in [0.3, 0.4) is 0 Å². The molecule has 9 heteroatoms. The Labute approximate surface area is 166 Å². The number of nitrogens with zero attached hydrogens (tertiary/aromatic N) is 2. The van der Waals surface area contributed by atoms with Crippen molar-refractivity contribution in [3.05, 3.63) is 57.3 Å². The lowest BCUT2D eigenvalue weighted by molar-refractivity contribution is -0.137. The molecule has 1 heterocycles. The predicted molar refractivity (Wildman–Crippen MR) is 102 cm³/mol. The van der Waals surface area contributed by atoms with Gasteiger partial charge in [-0.2, -0.15) is 13.2 Å². The van der Waals surface area contributed by atoms with Crippen molar-refractivity contribution >= 4 is 44.3 Å². The molecule has 0 bridgehead atoms. The molecule has 0 spiro atoms. The molecule has 0 fully saturated rings. The van der Waals surface area contributed by atoms with Gasteiger partial charge in [-0.05, 0) is 58.2 Å². The van der Waals surface area contributed by atoms with Crippen LogP contribution in [0.5, 0.6) is 5.75 Å². The maximum Gasteiger partial charge on any atom is 0.416 e. The average molecular weight is 461 g/mol. The molecule has 1 aromatic heterocycles. The van der Waals surface area contributed by atoms with Crippen LogP contribution in [0.4, 0.5) is 19.0 Å². The lowest BCUT2D eigenvalue weighted by Gasteiger charge is -2.18. The number of alkyl halides is 3. The summed E-state index contributed by atoms with van der Waals surface area (Å²) >= 11 is 9.42. The van der Waals surface area contributed by atoms with Crippen LogP contribution in [-0.4, -0.2) is 17.1 Å². The van der Waals surface area contributed by atoms with E-state index in [1.165, 1.54) is 13.2 Å². The smallest absolute Gasteiger partial charge is 0.416 e. The topological polar surface area (TPSA) is 47.0 Å². The second-order valence-electron chi connectivity index (χ2n) is 5.83. The molecule has 142 valence electrons. The second-order valence-corrected chi connectivity index (χ2v) is 7.03. The number of hydrogen-bond donors (Lipinski definition) is 1. The van der Waals surface area contributed by atoms with Gasteiger partial charge in [0.15, 0.2) is 0 Å². The summed E-state index contributed by atoms with van der Waals surface area (Å²) in [5.74, 6) is 0.993. The van der Waals surface area contributed by atoms with Crippen molar-refractivity contribution in [3.63, 3.8) is 0 Å². The molecule has 1 N–H and O–H groups in total. The lowest BCUT2D eigenvalue weighted by Crippen LogP contribution is -2.11. The Morgan fingerprint density at radius 3 is 2.59 bits per heavy atom. The van der Waals surface area contributed by atoms with Crippen LogP contribution in [0.15, 0.2) is 40.9 Å². The molecule has 0 aliphatic carbocycles. The highest BCUT2D eigenvalue weighted by molar-refractivity contribution is 9.10. The highest BCUT2D eigenvalue weighted by atomic mass is 79.9. The van der Waals surface area contributed by atoms with Crippen LogP contribution >= 0.6 is 27.5 Å². The number of methoxy groups -OCH3 is 1. The molecule has 2 aromatic carbocycles. The first-order chi connectivity index (χ1) is 12.7. The highest BCUT2D eigenvalue weighted by Gasteiger charge is 2.30. The summed E-state index contributed by atoms with van der Waals surface area (Å²) in [7, 11) is 1.53. The Kier molecular flexibility index (Phi) is 5.48. The average Bonchev–Trinajstić information content (AvgIpc) is 2.61. The third-order valence-electron chi connectivity index (χ3n) is 4.01. The predicted octanol–water partition coefficient (Wildman–Crippen LogP) is 6.25. The van der Waals surface area contributed by atoms with Gasteiger partial charge < -0.3 is 10.1 Å². The maximum absolute atomic E-state index is 13.0. The number of anilines is 1. The quantitative estimate of drug-likeness (QED) is 0.468. The summed E-state index contributed by atoms with van der Waals surface area (Å²) < 4.78 is 44.8. The first kappa shape index (κ1) is 19.7. The standard InChI is InChI=1S/C18H14BrClF3N3O/c1-9(10-4-3-5-11(6-10)18(21,22)23)24-16-12-7-13(19)15(27-2)8-14(12)25-17(20)26-16/h3-9H,1-2H3,(H,24,25,26)/t9-/m1/s1. The van der Waals surface area contributed by atoms with Crippen molar-refractivity contribution in [1.82, 2.24) is 9.97 Å². The van der Waals surface area contributed by atoms with Gasteiger partial charge in [-0.3, -0.25) is 0 Å². The third kappa shape index (κ3) is 4.27. The molecule has 3 aromatic rings. The summed E-state index contributed by atoms with van der Waals surface area (Å²) in [5.41, 5.74) is 0.320. The van der Waals surface area contributed by atoms with Crippen LogP contribution in [0.1, 0.15) is 24.1 Å². The third-order valence-corrected chi connectivity index (χ3v) is 4.80. The zero-order valence-electron chi connectivity index (χ0n) is 14.2. The molecule has 0 unspecified atom stereocenters. The SMILES string of the molecule is COc1cc2nc(Cl)nc(N[C@H](C)c3cccc(C(F)(F)F)c3)c2cc1Br. The Morgan fingerprint density at radius 2 is 1.93 bits per heavy atom. The van der Waals surface area contributed by atoms with Crippen molar-refractivity contribution in [3.8, 4) is 5.75 Å². The zero-order chi connectivity index (χ0) is 19.8. The molecule has 0 radical (unpaired) electrons. The molecule has 27 heavy (non-hydrogen) atoms. The molecule has 4 nitrogen and oxygen atoms in total. The van der Waals surface area contributed by atoms with Gasteiger partial charge in [0, 0.05) is 17.5 Å². The fraction of sp³-hybridized carbons (Fsp3) is 0.222. The van der Waals surface area contributed by atoms with Gasteiger partial charge in [-0.15, -0.1) is 0 Å². The normalized spacial score (nSPS) is 12.9. The Bertz CT molecular complexity index is 997. The summed E-state index contributed by atoms with van der Waals surface area (Å²) in [6, 6.07) is 8.18. The molecular formula is C18H14BrClF3N3O. The van der Waals surface area contributed by atoms with Crippen LogP contribution in [-0.2, 0) is 6.18 Å². The number of hydrogen-bond acceptors (Lipinski definition) is 4. The van der Waals surface area contributed by atoms with E-state index in [1.807, 2.05) is 0 Å². The monoisotopic (exact) mass is 459 g/mol. The summed E-state index contributed by atoms with van der Waals surface area (Å²) in [6.07, 6.45) is -4.40. The van der Waals surface area contributed by atoms with E-state index in [1.54, 1.807) is 25.1 Å². The van der Waals surface area contributed by atoms with E-state index >= 15 is 0 Å². The van der Waals surface area contributed by atoms with Gasteiger partial charge in [0.2, 0.25) is 5.28 Å². The van der Waals surface area contributed by atoms with E-state index < -0.39 is 17.8 Å². The number of nitrogens with one attached hydrogen (secondary N) is 1. The minimum atomic E-state index is -4.40. The van der Waals surface area contributed by atoms with Gasteiger partial charge in [-0.25, -0.2) is 9.97 Å². The highest BCUT2D eigenvalue weighted by Crippen LogP contribution is 2.35. The molecule has 0 saturated carbocycles. The minimum absolute atomic E-state index is 0.0191. The van der Waals surface area contributed by atoms with E-state index in [9.17, 15) is 13.2 Å². The number of fused-ring (bicyclic) bond motifs is 1. The first-order valence-corrected chi connectivity index (χ1v) is 9.00. The van der Waals surface area contributed by atoms with Gasteiger partial charge in [0.25, 0.3) is 0 Å². The number of halogens is 5. The van der Waals surface area contributed by atoms with E-state index in [-0.39, 0.29) is 5.28 Å². The first-order valence-electron chi connectivity index (χ1n) is 7.83. The van der Waals surface area contributed by atoms with E-state index in [0.717, 1.165) is 12.1 Å². The Hall–Kier alpha value is -2.06.